The molecule has 0 radical (unpaired) electrons. The van der Waals surface area contributed by atoms with Crippen molar-refractivity contribution in [3.05, 3.63) is 50.8 Å². The summed E-state index contributed by atoms with van der Waals surface area (Å²) >= 11 is 0. The van der Waals surface area contributed by atoms with Gasteiger partial charge in [-0.25, -0.2) is 4.98 Å². The second-order valence-corrected chi connectivity index (χ2v) is 11.6. The van der Waals surface area contributed by atoms with Crippen LogP contribution in [0, 0.1) is 0 Å². The molecule has 1 aliphatic carbocycles. The van der Waals surface area contributed by atoms with Crippen LogP contribution in [-0.4, -0.2) is 63.9 Å². The Labute approximate surface area is 232 Å². The number of rotatable bonds is 5. The third kappa shape index (κ3) is 3.74. The quantitative estimate of drug-likeness (QED) is 0.346. The second kappa shape index (κ2) is 9.53. The molecule has 2 aromatic heterocycles. The average Bonchev–Trinajstić information content (AvgIpc) is 3.58. The Kier molecular flexibility index (Phi) is 6.17. The first-order valence-electron chi connectivity index (χ1n) is 14.3. The van der Waals surface area contributed by atoms with Gasteiger partial charge < -0.3 is 34.3 Å². The molecule has 0 spiro atoms. The lowest BCUT2D eigenvalue weighted by molar-refractivity contribution is -0.236. The largest absolute Gasteiger partial charge is 0.454 e. The van der Waals surface area contributed by atoms with Gasteiger partial charge in [0, 0.05) is 46.8 Å². The fraction of sp³-hybridized carbons (Fsp3) is 0.533. The smallest absolute Gasteiger partial charge is 0.257 e. The second-order valence-electron chi connectivity index (χ2n) is 11.6. The molecule has 4 aliphatic rings. The first-order valence-corrected chi connectivity index (χ1v) is 14.3. The van der Waals surface area contributed by atoms with Crippen LogP contribution < -0.4 is 20.3 Å². The minimum Gasteiger partial charge on any atom is -0.454 e. The topological polar surface area (TPSA) is 118 Å². The van der Waals surface area contributed by atoms with Crippen molar-refractivity contribution in [2.75, 3.05) is 20.9 Å². The summed E-state index contributed by atoms with van der Waals surface area (Å²) in [6, 6.07) is 6.57. The van der Waals surface area contributed by atoms with Crippen molar-refractivity contribution in [3.63, 3.8) is 0 Å². The monoisotopic (exact) mass is 548 g/mol. The Morgan fingerprint density at radius 2 is 1.95 bits per heavy atom. The van der Waals surface area contributed by atoms with E-state index < -0.39 is 11.9 Å². The van der Waals surface area contributed by atoms with Crippen LogP contribution in [0.15, 0.2) is 23.0 Å². The number of pyridine rings is 2. The van der Waals surface area contributed by atoms with Crippen LogP contribution >= 0.6 is 0 Å². The summed E-state index contributed by atoms with van der Waals surface area (Å²) in [7, 11) is 4.22. The Balaban J connectivity index is 1.41. The van der Waals surface area contributed by atoms with Crippen LogP contribution in [0.2, 0.25) is 0 Å². The van der Waals surface area contributed by atoms with Crippen LogP contribution in [0.25, 0.3) is 22.3 Å². The molecule has 40 heavy (non-hydrogen) atoms. The summed E-state index contributed by atoms with van der Waals surface area (Å²) in [6.45, 7) is 2.97. The highest BCUT2D eigenvalue weighted by molar-refractivity contribution is 5.90. The highest BCUT2D eigenvalue weighted by Gasteiger charge is 2.44. The van der Waals surface area contributed by atoms with E-state index in [0.29, 0.717) is 53.5 Å². The number of fused-ring (bicyclic) bond motifs is 6. The molecule has 0 saturated heterocycles. The molecular weight excluding hydrogens is 512 g/mol. The maximum absolute atomic E-state index is 13.8. The molecule has 1 fully saturated rings. The average molecular weight is 549 g/mol. The summed E-state index contributed by atoms with van der Waals surface area (Å²) < 4.78 is 18.6. The Hall–Kier alpha value is -3.02. The van der Waals surface area contributed by atoms with Crippen LogP contribution in [0.4, 0.5) is 0 Å². The van der Waals surface area contributed by atoms with Crippen molar-refractivity contribution in [2.24, 2.45) is 0 Å². The maximum atomic E-state index is 13.8. The van der Waals surface area contributed by atoms with Gasteiger partial charge in [0.2, 0.25) is 6.79 Å². The molecular formula is C30H36N4O6. The molecule has 0 amide bonds. The molecule has 0 bridgehead atoms. The van der Waals surface area contributed by atoms with Crippen molar-refractivity contribution < 1.29 is 24.4 Å². The highest BCUT2D eigenvalue weighted by atomic mass is 16.7. The molecule has 3 N–H and O–H groups in total. The lowest BCUT2D eigenvalue weighted by atomic mass is 9.85. The molecule has 3 aliphatic heterocycles. The van der Waals surface area contributed by atoms with Gasteiger partial charge in [0.05, 0.1) is 30.1 Å². The summed E-state index contributed by atoms with van der Waals surface area (Å²) in [5, 5.41) is 26.4. The predicted octanol–water partition coefficient (Wildman–Crippen LogP) is 2.56. The van der Waals surface area contributed by atoms with E-state index in [4.69, 9.17) is 19.2 Å². The summed E-state index contributed by atoms with van der Waals surface area (Å²) in [6.07, 6.45) is 3.53. The van der Waals surface area contributed by atoms with Crippen LogP contribution in [0.5, 0.6) is 11.5 Å². The van der Waals surface area contributed by atoms with Crippen molar-refractivity contribution in [2.45, 2.75) is 82.7 Å². The van der Waals surface area contributed by atoms with Crippen molar-refractivity contribution in [1.29, 1.82) is 0 Å². The molecule has 1 saturated carbocycles. The first kappa shape index (κ1) is 25.9. The van der Waals surface area contributed by atoms with E-state index in [1.54, 1.807) is 11.5 Å². The molecule has 10 nitrogen and oxygen atoms in total. The van der Waals surface area contributed by atoms with E-state index in [2.05, 4.69) is 17.3 Å². The van der Waals surface area contributed by atoms with Gasteiger partial charge in [-0.1, -0.05) is 19.8 Å². The van der Waals surface area contributed by atoms with Gasteiger partial charge in [-0.3, -0.25) is 9.69 Å². The molecule has 212 valence electrons. The van der Waals surface area contributed by atoms with Crippen LogP contribution in [-0.2, 0) is 30.0 Å². The minimum absolute atomic E-state index is 0.0479. The number of ether oxygens (including phenoxy) is 3. The van der Waals surface area contributed by atoms with E-state index in [1.807, 2.05) is 25.2 Å². The summed E-state index contributed by atoms with van der Waals surface area (Å²) in [5.74, 6) is 1.36. The lowest BCUT2D eigenvalue weighted by Gasteiger charge is -2.38. The molecule has 4 atom stereocenters. The van der Waals surface area contributed by atoms with E-state index in [-0.39, 0.29) is 25.4 Å². The van der Waals surface area contributed by atoms with Gasteiger partial charge in [-0.15, -0.1) is 0 Å². The number of nitrogens with zero attached hydrogens (tertiary/aromatic N) is 3. The van der Waals surface area contributed by atoms with Gasteiger partial charge >= 0.3 is 0 Å². The van der Waals surface area contributed by atoms with Gasteiger partial charge in [0.15, 0.2) is 17.8 Å². The van der Waals surface area contributed by atoms with E-state index >= 15 is 0 Å². The maximum Gasteiger partial charge on any atom is 0.257 e. The van der Waals surface area contributed by atoms with E-state index in [1.165, 1.54) is 12.8 Å². The molecule has 1 aromatic carbocycles. The lowest BCUT2D eigenvalue weighted by Crippen LogP contribution is -2.49. The number of likely N-dealkylation sites (N-methyl/N-ethyl adjacent to an activating group) is 2. The van der Waals surface area contributed by atoms with Crippen LogP contribution in [0.1, 0.15) is 61.3 Å². The number of aliphatic hydroxyl groups excluding tert-OH is 1. The molecule has 7 rings (SSSR count). The Morgan fingerprint density at radius 3 is 2.73 bits per heavy atom. The first-order chi connectivity index (χ1) is 19.3. The van der Waals surface area contributed by atoms with Gasteiger partial charge in [-0.05, 0) is 51.1 Å². The minimum atomic E-state index is -1.67. The van der Waals surface area contributed by atoms with Crippen molar-refractivity contribution in [1.82, 2.24) is 19.8 Å². The molecule has 3 aromatic rings. The zero-order valence-electron chi connectivity index (χ0n) is 23.2. The fourth-order valence-electron chi connectivity index (χ4n) is 7.19. The number of benzene rings is 1. The van der Waals surface area contributed by atoms with E-state index in [0.717, 1.165) is 40.6 Å². The number of hydrogen-bond acceptors (Lipinski definition) is 9. The predicted molar refractivity (Wildman–Crippen MR) is 148 cm³/mol. The van der Waals surface area contributed by atoms with Crippen LogP contribution in [0.3, 0.4) is 0 Å². The third-order valence-corrected chi connectivity index (χ3v) is 9.53. The fourth-order valence-corrected chi connectivity index (χ4v) is 7.19. The normalized spacial score (nSPS) is 26.7. The van der Waals surface area contributed by atoms with Gasteiger partial charge in [0.1, 0.15) is 5.60 Å². The van der Waals surface area contributed by atoms with E-state index in [9.17, 15) is 15.0 Å². The van der Waals surface area contributed by atoms with Gasteiger partial charge in [-0.2, -0.15) is 0 Å². The standard InChI is InChI=1S/C30H36N4O6/c1-4-30(37)20-10-24-27-18(13-34(24)28(35)19(20)14-38-29(30)36)17(12-33(3)23-8-6-5-7-21(23)31-2)16-9-25-26(40-15-39-25)11-22(16)32-27/h9-11,21,23,29,31,36-37H,4-8,12-15H2,1-3H3/t21-,23-,29?,30+/m1/s1. The van der Waals surface area contributed by atoms with Gasteiger partial charge in [0.25, 0.3) is 5.56 Å². The number of aromatic nitrogens is 2. The molecule has 5 heterocycles. The van der Waals surface area contributed by atoms with Crippen molar-refractivity contribution >= 4 is 10.9 Å². The number of aliphatic hydroxyl groups is 2. The zero-order chi connectivity index (χ0) is 27.8. The highest BCUT2D eigenvalue weighted by Crippen LogP contribution is 2.44. The Morgan fingerprint density at radius 1 is 1.18 bits per heavy atom. The molecule has 1 unspecified atom stereocenters. The van der Waals surface area contributed by atoms with Crippen molar-refractivity contribution in [3.8, 4) is 22.9 Å². The summed E-state index contributed by atoms with van der Waals surface area (Å²) in [4.78, 5) is 21.3. The SMILES string of the molecule is CC[C@]1(O)c2cc3n(c(=O)c2COC1O)Cc1c-3nc2cc3c(cc2c1CN(C)[C@@H]1CCCC[C@H]1NC)OCO3. The third-order valence-electron chi connectivity index (χ3n) is 9.53. The molecule has 10 heteroatoms. The summed E-state index contributed by atoms with van der Waals surface area (Å²) in [5.41, 5.74) is 3.17. The Bertz CT molecular complexity index is 1570. The zero-order valence-corrected chi connectivity index (χ0v) is 23.2. The number of hydrogen-bond donors (Lipinski definition) is 3. The number of nitrogens with one attached hydrogen (secondary N) is 1.